The highest BCUT2D eigenvalue weighted by Crippen LogP contribution is 2.44. The molecule has 218 valence electrons. The molecule has 0 aromatic heterocycles. The van der Waals surface area contributed by atoms with Crippen LogP contribution in [0.25, 0.3) is 17.2 Å². The van der Waals surface area contributed by atoms with Gasteiger partial charge in [0.1, 0.15) is 12.1 Å². The van der Waals surface area contributed by atoms with E-state index in [0.717, 1.165) is 43.8 Å². The minimum absolute atomic E-state index is 0.0360. The Kier molecular flexibility index (Phi) is 8.52. The molecule has 0 radical (unpaired) electrons. The van der Waals surface area contributed by atoms with Crippen molar-refractivity contribution in [1.29, 1.82) is 0 Å². The SMILES string of the molecule is CC1=C(CC(=O)NOCc2ccc(B3OC(C)(C)C(C)(C)O3)cc2)c2cc(F)ccc2/C1=C/c1ccc([S+](C)[O-])cc1. The van der Waals surface area contributed by atoms with Crippen LogP contribution in [0.15, 0.2) is 77.2 Å². The summed E-state index contributed by atoms with van der Waals surface area (Å²) in [6.45, 7) is 10.2. The van der Waals surface area contributed by atoms with E-state index >= 15 is 0 Å². The van der Waals surface area contributed by atoms with Gasteiger partial charge >= 0.3 is 7.12 Å². The molecule has 0 spiro atoms. The third kappa shape index (κ3) is 6.26. The van der Waals surface area contributed by atoms with Crippen molar-refractivity contribution in [2.45, 2.75) is 63.7 Å². The summed E-state index contributed by atoms with van der Waals surface area (Å²) in [5, 5.41) is 0. The van der Waals surface area contributed by atoms with Crippen LogP contribution in [-0.2, 0) is 36.7 Å². The number of carbonyl (C=O) groups is 1. The summed E-state index contributed by atoms with van der Waals surface area (Å²) in [4.78, 5) is 19.2. The van der Waals surface area contributed by atoms with Crippen LogP contribution < -0.4 is 10.9 Å². The predicted molar refractivity (Wildman–Crippen MR) is 165 cm³/mol. The van der Waals surface area contributed by atoms with Crippen molar-refractivity contribution in [3.8, 4) is 0 Å². The van der Waals surface area contributed by atoms with Crippen LogP contribution in [0.2, 0.25) is 0 Å². The third-order valence-corrected chi connectivity index (χ3v) is 9.18. The maximum Gasteiger partial charge on any atom is 0.494 e. The first kappa shape index (κ1) is 30.3. The summed E-state index contributed by atoms with van der Waals surface area (Å²) in [5.41, 5.74) is 8.53. The summed E-state index contributed by atoms with van der Waals surface area (Å²) in [5.74, 6) is -0.694. The minimum Gasteiger partial charge on any atom is -0.612 e. The summed E-state index contributed by atoms with van der Waals surface area (Å²) in [6, 6.07) is 19.8. The molecule has 1 aliphatic heterocycles. The monoisotopic (exact) mass is 587 g/mol. The van der Waals surface area contributed by atoms with Crippen LogP contribution in [0.4, 0.5) is 4.39 Å². The quantitative estimate of drug-likeness (QED) is 0.204. The van der Waals surface area contributed by atoms with E-state index in [1.807, 2.05) is 89.2 Å². The molecule has 3 aromatic carbocycles. The van der Waals surface area contributed by atoms with Gasteiger partial charge in [-0.15, -0.1) is 0 Å². The largest absolute Gasteiger partial charge is 0.612 e. The number of hydrogen-bond donors (Lipinski definition) is 1. The average Bonchev–Trinajstić information content (AvgIpc) is 3.31. The number of rotatable bonds is 8. The van der Waals surface area contributed by atoms with Crippen molar-refractivity contribution in [2.24, 2.45) is 0 Å². The van der Waals surface area contributed by atoms with E-state index in [9.17, 15) is 13.7 Å². The highest BCUT2D eigenvalue weighted by molar-refractivity contribution is 7.90. The number of amides is 1. The number of fused-ring (bicyclic) bond motifs is 1. The van der Waals surface area contributed by atoms with E-state index in [1.165, 1.54) is 12.1 Å². The van der Waals surface area contributed by atoms with Gasteiger partial charge in [-0.3, -0.25) is 9.63 Å². The number of hydrogen-bond acceptors (Lipinski definition) is 5. The second-order valence-electron chi connectivity index (χ2n) is 11.7. The van der Waals surface area contributed by atoms with Crippen molar-refractivity contribution in [3.05, 3.63) is 100 Å². The summed E-state index contributed by atoms with van der Waals surface area (Å²) >= 11 is -1.06. The lowest BCUT2D eigenvalue weighted by molar-refractivity contribution is -0.133. The van der Waals surface area contributed by atoms with Gasteiger partial charge in [0.25, 0.3) is 0 Å². The first-order valence-electron chi connectivity index (χ1n) is 13.9. The number of halogens is 1. The molecule has 5 rings (SSSR count). The third-order valence-electron chi connectivity index (χ3n) is 8.24. The highest BCUT2D eigenvalue weighted by atomic mass is 32.2. The lowest BCUT2D eigenvalue weighted by Gasteiger charge is -2.32. The molecule has 1 saturated heterocycles. The van der Waals surface area contributed by atoms with Gasteiger partial charge in [-0.25, -0.2) is 9.87 Å². The zero-order chi connectivity index (χ0) is 30.2. The molecule has 9 heteroatoms. The number of nitrogens with one attached hydrogen (secondary N) is 1. The number of carbonyl (C=O) groups excluding carboxylic acids is 1. The van der Waals surface area contributed by atoms with Crippen molar-refractivity contribution in [2.75, 3.05) is 6.26 Å². The standard InChI is InChI=1S/C33H35BFNO5S/c1-21-28(17-22-9-14-26(15-10-22)42(6)38)27-16-13-25(35)18-30(27)29(21)19-31(37)36-39-20-23-7-11-24(12-8-23)34-40-32(2,3)33(4,5)41-34/h7-18H,19-20H2,1-6H3,(H,36,37)/b28-17+. The summed E-state index contributed by atoms with van der Waals surface area (Å²) in [6.07, 6.45) is 3.68. The van der Waals surface area contributed by atoms with Gasteiger partial charge in [-0.1, -0.05) is 30.3 Å². The molecule has 1 N–H and O–H groups in total. The van der Waals surface area contributed by atoms with Crippen molar-refractivity contribution < 1.29 is 27.9 Å². The fourth-order valence-electron chi connectivity index (χ4n) is 5.05. The molecule has 0 bridgehead atoms. The van der Waals surface area contributed by atoms with Gasteiger partial charge in [0, 0.05) is 0 Å². The fourth-order valence-corrected chi connectivity index (χ4v) is 5.57. The van der Waals surface area contributed by atoms with E-state index in [-0.39, 0.29) is 24.8 Å². The van der Waals surface area contributed by atoms with E-state index < -0.39 is 29.5 Å². The summed E-state index contributed by atoms with van der Waals surface area (Å²) in [7, 11) is -0.444. The van der Waals surface area contributed by atoms with E-state index in [0.29, 0.717) is 5.56 Å². The second-order valence-corrected chi connectivity index (χ2v) is 13.1. The second kappa shape index (κ2) is 11.8. The first-order valence-corrected chi connectivity index (χ1v) is 15.4. The van der Waals surface area contributed by atoms with Crippen LogP contribution in [0, 0.1) is 5.82 Å². The van der Waals surface area contributed by atoms with Crippen LogP contribution in [0.1, 0.15) is 63.3 Å². The maximum absolute atomic E-state index is 14.3. The predicted octanol–water partition coefficient (Wildman–Crippen LogP) is 5.83. The van der Waals surface area contributed by atoms with Crippen LogP contribution >= 0.6 is 0 Å². The van der Waals surface area contributed by atoms with E-state index in [2.05, 4.69) is 5.48 Å². The molecule has 3 aromatic rings. The van der Waals surface area contributed by atoms with Gasteiger partial charge < -0.3 is 13.9 Å². The van der Waals surface area contributed by atoms with Crippen LogP contribution in [0.3, 0.4) is 0 Å². The number of hydroxylamine groups is 1. The Morgan fingerprint density at radius 2 is 1.64 bits per heavy atom. The highest BCUT2D eigenvalue weighted by Gasteiger charge is 2.51. The van der Waals surface area contributed by atoms with Gasteiger partial charge in [0.2, 0.25) is 5.91 Å². The molecule has 0 saturated carbocycles. The van der Waals surface area contributed by atoms with Crippen molar-refractivity contribution >= 4 is 46.9 Å². The smallest absolute Gasteiger partial charge is 0.494 e. The van der Waals surface area contributed by atoms with E-state index in [4.69, 9.17) is 14.1 Å². The normalized spacial score (nSPS) is 18.9. The Balaban J connectivity index is 1.23. The maximum atomic E-state index is 14.3. The molecule has 1 aliphatic carbocycles. The zero-order valence-electron chi connectivity index (χ0n) is 24.7. The topological polar surface area (TPSA) is 79.9 Å². The van der Waals surface area contributed by atoms with Crippen LogP contribution in [-0.4, -0.2) is 35.0 Å². The Morgan fingerprint density at radius 1 is 1.00 bits per heavy atom. The van der Waals surface area contributed by atoms with Gasteiger partial charge in [0.05, 0.1) is 24.2 Å². The average molecular weight is 588 g/mol. The first-order chi connectivity index (χ1) is 19.8. The molecule has 6 nitrogen and oxygen atoms in total. The molecule has 42 heavy (non-hydrogen) atoms. The molecule has 1 fully saturated rings. The van der Waals surface area contributed by atoms with Crippen molar-refractivity contribution in [1.82, 2.24) is 5.48 Å². The number of allylic oxidation sites excluding steroid dienone is 2. The Bertz CT molecular complexity index is 1530. The summed E-state index contributed by atoms with van der Waals surface area (Å²) < 4.78 is 38.2. The minimum atomic E-state index is -1.06. The Morgan fingerprint density at radius 3 is 2.26 bits per heavy atom. The van der Waals surface area contributed by atoms with Crippen molar-refractivity contribution in [3.63, 3.8) is 0 Å². The lowest BCUT2D eigenvalue weighted by atomic mass is 9.79. The molecular formula is C33H35BFNO5S. The van der Waals surface area contributed by atoms with Crippen LogP contribution in [0.5, 0.6) is 0 Å². The van der Waals surface area contributed by atoms with E-state index in [1.54, 1.807) is 12.3 Å². The molecule has 2 aliphatic rings. The molecular weight excluding hydrogens is 552 g/mol. The molecule has 1 heterocycles. The molecule has 1 atom stereocenters. The Labute approximate surface area is 250 Å². The van der Waals surface area contributed by atoms with Gasteiger partial charge in [0.15, 0.2) is 4.90 Å². The molecule has 1 amide bonds. The zero-order valence-corrected chi connectivity index (χ0v) is 25.6. The van der Waals surface area contributed by atoms with Gasteiger partial charge in [-0.2, -0.15) is 0 Å². The lowest BCUT2D eigenvalue weighted by Crippen LogP contribution is -2.41. The molecule has 1 unspecified atom stereocenters. The fraction of sp³-hybridized carbons (Fsp3) is 0.303. The van der Waals surface area contributed by atoms with Gasteiger partial charge in [-0.05, 0) is 133 Å². The Hall–Kier alpha value is -3.21. The number of benzene rings is 3.